The molecule has 0 aliphatic rings. The van der Waals surface area contributed by atoms with Gasteiger partial charge in [-0.25, -0.2) is 5.26 Å². The van der Waals surface area contributed by atoms with Crippen LogP contribution >= 0.6 is 0 Å². The maximum atomic E-state index is 6.50. The summed E-state index contributed by atoms with van der Waals surface area (Å²) in [4.78, 5) is 0. The molecule has 9 heavy (non-hydrogen) atoms. The summed E-state index contributed by atoms with van der Waals surface area (Å²) in [5.41, 5.74) is 0. The first-order valence-electron chi connectivity index (χ1n) is 3.32. The second-order valence-corrected chi connectivity index (χ2v) is 1.81. The van der Waals surface area contributed by atoms with Gasteiger partial charge in [-0.3, -0.25) is 0 Å². The van der Waals surface area contributed by atoms with E-state index < -0.39 is 0 Å². The smallest absolute Gasteiger partial charge is 0.0462 e. The van der Waals surface area contributed by atoms with Gasteiger partial charge in [0.2, 0.25) is 0 Å². The van der Waals surface area contributed by atoms with Gasteiger partial charge >= 0.3 is 0 Å². The average molecular weight is 128 g/mol. The van der Waals surface area contributed by atoms with Crippen molar-refractivity contribution in [3.63, 3.8) is 0 Å². The number of hydrogen-bond donors (Lipinski definition) is 1. The molecule has 0 saturated carbocycles. The Kier molecular flexibility index (Phi) is 19.6. The Labute approximate surface area is 57.9 Å². The lowest BCUT2D eigenvalue weighted by atomic mass is 10.2. The van der Waals surface area contributed by atoms with Crippen LogP contribution < -0.4 is 5.32 Å². The summed E-state index contributed by atoms with van der Waals surface area (Å²) in [5, 5.41) is 9.60. The molecule has 0 aliphatic heterocycles. The lowest BCUT2D eigenvalue weighted by molar-refractivity contribution is 0.667. The quantitative estimate of drug-likeness (QED) is 0.583. The summed E-state index contributed by atoms with van der Waals surface area (Å²) in [6.07, 6.45) is 4.01. The third-order valence-electron chi connectivity index (χ3n) is 1.03. The molecule has 0 rings (SSSR count). The van der Waals surface area contributed by atoms with Crippen LogP contribution in [0.3, 0.4) is 0 Å². The van der Waals surface area contributed by atoms with Crippen molar-refractivity contribution < 1.29 is 0 Å². The topological polar surface area (TPSA) is 35.8 Å². The molecule has 0 aliphatic carbocycles. The van der Waals surface area contributed by atoms with E-state index in [1.807, 2.05) is 7.05 Å². The molecule has 0 radical (unpaired) electrons. The van der Waals surface area contributed by atoms with Gasteiger partial charge in [0.05, 0.1) is 0 Å². The van der Waals surface area contributed by atoms with Crippen molar-refractivity contribution in [3.8, 4) is 6.57 Å². The summed E-state index contributed by atoms with van der Waals surface area (Å²) in [5.74, 6) is 0. The molecule has 0 aromatic heterocycles. The van der Waals surface area contributed by atoms with Crippen LogP contribution in [0.25, 0.3) is 0 Å². The highest BCUT2D eigenvalue weighted by atomic mass is 14.8. The SMILES string of the molecule is C#N.CCCCCNC. The number of hydrogen-bond acceptors (Lipinski definition) is 2. The zero-order chi connectivity index (χ0) is 7.54. The van der Waals surface area contributed by atoms with Gasteiger partial charge in [0.1, 0.15) is 0 Å². The van der Waals surface area contributed by atoms with Crippen molar-refractivity contribution in [2.24, 2.45) is 0 Å². The summed E-state index contributed by atoms with van der Waals surface area (Å²) in [7, 11) is 2.00. The van der Waals surface area contributed by atoms with Crippen molar-refractivity contribution in [1.82, 2.24) is 5.32 Å². The Bertz CT molecular complexity index is 46.1. The van der Waals surface area contributed by atoms with Gasteiger partial charge in [-0.05, 0) is 20.0 Å². The van der Waals surface area contributed by atoms with E-state index in [1.165, 1.54) is 25.8 Å². The molecule has 2 nitrogen and oxygen atoms in total. The van der Waals surface area contributed by atoms with E-state index in [9.17, 15) is 0 Å². The lowest BCUT2D eigenvalue weighted by Crippen LogP contribution is -2.06. The first-order chi connectivity index (χ1) is 4.41. The molecule has 0 amide bonds. The third-order valence-corrected chi connectivity index (χ3v) is 1.03. The molecule has 1 N–H and O–H groups in total. The molecule has 0 unspecified atom stereocenters. The minimum Gasteiger partial charge on any atom is -0.320 e. The highest BCUT2D eigenvalue weighted by molar-refractivity contribution is 4.39. The van der Waals surface area contributed by atoms with Gasteiger partial charge in [-0.15, -0.1) is 0 Å². The van der Waals surface area contributed by atoms with Gasteiger partial charge in [-0.2, -0.15) is 0 Å². The van der Waals surface area contributed by atoms with E-state index in [0.29, 0.717) is 0 Å². The Balaban J connectivity index is 0. The Morgan fingerprint density at radius 1 is 1.33 bits per heavy atom. The molecule has 0 fully saturated rings. The largest absolute Gasteiger partial charge is 0.320 e. The first-order valence-corrected chi connectivity index (χ1v) is 3.32. The van der Waals surface area contributed by atoms with Gasteiger partial charge in [0.15, 0.2) is 0 Å². The molecule has 0 aromatic rings. The van der Waals surface area contributed by atoms with Crippen LogP contribution in [0.15, 0.2) is 0 Å². The van der Waals surface area contributed by atoms with E-state index in [0.717, 1.165) is 0 Å². The number of rotatable bonds is 4. The third kappa shape index (κ3) is 18.6. The van der Waals surface area contributed by atoms with Crippen LogP contribution in [-0.2, 0) is 0 Å². The van der Waals surface area contributed by atoms with Crippen LogP contribution in [0.5, 0.6) is 0 Å². The fourth-order valence-corrected chi connectivity index (χ4v) is 0.552. The summed E-state index contributed by atoms with van der Waals surface area (Å²) in [6, 6.07) is 0. The number of unbranched alkanes of at least 4 members (excludes halogenated alkanes) is 2. The molecule has 0 heterocycles. The number of nitriles is 1. The second-order valence-electron chi connectivity index (χ2n) is 1.81. The van der Waals surface area contributed by atoms with Crippen LogP contribution in [0.2, 0.25) is 0 Å². The van der Waals surface area contributed by atoms with E-state index in [-0.39, 0.29) is 0 Å². The Hall–Kier alpha value is -0.550. The Morgan fingerprint density at radius 3 is 2.22 bits per heavy atom. The fourth-order valence-electron chi connectivity index (χ4n) is 0.552. The predicted octanol–water partition coefficient (Wildman–Crippen LogP) is 1.54. The van der Waals surface area contributed by atoms with E-state index >= 15 is 0 Å². The van der Waals surface area contributed by atoms with Crippen LogP contribution in [0.4, 0.5) is 0 Å². The summed E-state index contributed by atoms with van der Waals surface area (Å²) < 4.78 is 0. The number of nitrogens with one attached hydrogen (secondary N) is 1. The van der Waals surface area contributed by atoms with Gasteiger partial charge in [-0.1, -0.05) is 19.8 Å². The Morgan fingerprint density at radius 2 is 1.89 bits per heavy atom. The molecule has 2 heteroatoms. The highest BCUT2D eigenvalue weighted by Gasteiger charge is 1.78. The van der Waals surface area contributed by atoms with Crippen molar-refractivity contribution in [2.45, 2.75) is 26.2 Å². The highest BCUT2D eigenvalue weighted by Crippen LogP contribution is 1.89. The average Bonchev–Trinajstić information content (AvgIpc) is 1.94. The standard InChI is InChI=1S/C6H15N.CHN/c1-3-4-5-6-7-2;1-2/h7H,3-6H2,1-2H3;1H. The van der Waals surface area contributed by atoms with Crippen molar-refractivity contribution >= 4 is 0 Å². The molecule has 0 aromatic carbocycles. The zero-order valence-corrected chi connectivity index (χ0v) is 6.35. The maximum Gasteiger partial charge on any atom is 0.0462 e. The van der Waals surface area contributed by atoms with Gasteiger partial charge in [0.25, 0.3) is 0 Å². The zero-order valence-electron chi connectivity index (χ0n) is 6.35. The monoisotopic (exact) mass is 128 g/mol. The molecule has 0 bridgehead atoms. The maximum absolute atomic E-state index is 6.50. The molecular weight excluding hydrogens is 112 g/mol. The van der Waals surface area contributed by atoms with Gasteiger partial charge < -0.3 is 5.32 Å². The molecule has 54 valence electrons. The summed E-state index contributed by atoms with van der Waals surface area (Å²) in [6.45, 7) is 6.89. The van der Waals surface area contributed by atoms with Crippen molar-refractivity contribution in [1.29, 1.82) is 5.26 Å². The van der Waals surface area contributed by atoms with Crippen LogP contribution in [-0.4, -0.2) is 13.6 Å². The van der Waals surface area contributed by atoms with E-state index in [4.69, 9.17) is 5.26 Å². The van der Waals surface area contributed by atoms with Crippen molar-refractivity contribution in [3.05, 3.63) is 0 Å². The molecular formula is C7H16N2. The van der Waals surface area contributed by atoms with Crippen molar-refractivity contribution in [2.75, 3.05) is 13.6 Å². The van der Waals surface area contributed by atoms with Crippen LogP contribution in [0, 0.1) is 11.8 Å². The minimum absolute atomic E-state index is 1.17. The number of nitrogens with zero attached hydrogens (tertiary/aromatic N) is 1. The van der Waals surface area contributed by atoms with E-state index in [1.54, 1.807) is 0 Å². The van der Waals surface area contributed by atoms with Gasteiger partial charge in [0, 0.05) is 6.57 Å². The molecule has 0 spiro atoms. The minimum atomic E-state index is 1.17. The molecule has 0 saturated heterocycles. The lowest BCUT2D eigenvalue weighted by Gasteiger charge is -1.93. The molecule has 0 atom stereocenters. The normalized spacial score (nSPS) is 7.56. The first kappa shape index (κ1) is 11.3. The summed E-state index contributed by atoms with van der Waals surface area (Å²) >= 11 is 0. The predicted molar refractivity (Wildman–Crippen MR) is 40.1 cm³/mol. The second kappa shape index (κ2) is 15.7. The van der Waals surface area contributed by atoms with E-state index in [2.05, 4.69) is 18.8 Å². The fraction of sp³-hybridized carbons (Fsp3) is 0.857. The van der Waals surface area contributed by atoms with Crippen LogP contribution in [0.1, 0.15) is 26.2 Å².